The van der Waals surface area contributed by atoms with Gasteiger partial charge in [-0.05, 0) is 12.8 Å². The summed E-state index contributed by atoms with van der Waals surface area (Å²) in [5, 5.41) is 5.54. The first-order valence-electron chi connectivity index (χ1n) is 14.2. The Kier molecular flexibility index (Phi) is 15.4. The minimum absolute atomic E-state index is 0. The molecule has 0 fully saturated rings. The second-order valence-corrected chi connectivity index (χ2v) is 11.1. The first kappa shape index (κ1) is 34.8. The Balaban J connectivity index is 0.000000223. The molecule has 0 N–H and O–H groups in total. The van der Waals surface area contributed by atoms with Crippen molar-refractivity contribution in [2.45, 2.75) is 52.9 Å². The molecule has 0 unspecified atom stereocenters. The van der Waals surface area contributed by atoms with Gasteiger partial charge in [-0.3, -0.25) is 6.08 Å². The first-order valence-corrected chi connectivity index (χ1v) is 15.4. The fourth-order valence-electron chi connectivity index (χ4n) is 4.83. The maximum atomic E-state index is 3.26. The molecule has 0 nitrogen and oxygen atoms in total. The monoisotopic (exact) mass is 654 g/mol. The van der Waals surface area contributed by atoms with E-state index in [-0.39, 0.29) is 24.8 Å². The number of allylic oxidation sites excluding steroid dienone is 4. The normalized spacial score (nSPS) is 11.4. The molecule has 0 aromatic heterocycles. The summed E-state index contributed by atoms with van der Waals surface area (Å²) < 4.78 is 1.42. The number of hydrogen-bond acceptors (Lipinski definition) is 0. The van der Waals surface area contributed by atoms with E-state index >= 15 is 0 Å². The van der Waals surface area contributed by atoms with Gasteiger partial charge in [-0.2, -0.15) is 6.08 Å². The van der Waals surface area contributed by atoms with E-state index < -0.39 is 0 Å². The third-order valence-electron chi connectivity index (χ3n) is 7.06. The zero-order valence-corrected chi connectivity index (χ0v) is 28.2. The Bertz CT molecular complexity index is 1460. The number of benzene rings is 4. The van der Waals surface area contributed by atoms with Crippen LogP contribution in [0.2, 0.25) is 0 Å². The fourth-order valence-corrected chi connectivity index (χ4v) is 5.65. The Morgan fingerprint density at radius 3 is 1.59 bits per heavy atom. The van der Waals surface area contributed by atoms with Crippen LogP contribution in [0.5, 0.6) is 0 Å². The molecule has 5 aromatic rings. The fraction of sp³-hybridized carbons (Fsp3) is 0.211. The predicted molar refractivity (Wildman–Crippen MR) is 167 cm³/mol. The zero-order valence-electron chi connectivity index (χ0n) is 24.3. The van der Waals surface area contributed by atoms with Gasteiger partial charge in [0.1, 0.15) is 0 Å². The van der Waals surface area contributed by atoms with Crippen molar-refractivity contribution in [1.82, 2.24) is 0 Å². The third-order valence-corrected chi connectivity index (χ3v) is 8.48. The molecule has 6 rings (SSSR count). The molecule has 1 aliphatic rings. The van der Waals surface area contributed by atoms with Gasteiger partial charge in [-0.15, -0.1) is 46.2 Å². The van der Waals surface area contributed by atoms with Crippen LogP contribution in [0.4, 0.5) is 0 Å². The molecule has 0 heterocycles. The van der Waals surface area contributed by atoms with Crippen LogP contribution >= 0.6 is 0 Å². The number of fused-ring (bicyclic) bond motifs is 3. The summed E-state index contributed by atoms with van der Waals surface area (Å²) in [7, 11) is 0. The standard InChI is InChI=1S/C17H17.C13H10.C8H11.2ClH.Zr/c1-3-12-5-7-16-14(9-12)11-15-10-13(4-2)6-8-17(15)16;1-3-7-12(8-4-1)11-13-9-5-2-6-10-13;1-2-5-8-6-3-4-7-8;;;/h5-11H,3-4H2,1-2H3;1-10H;3,6H,2,4-5H2,1H3;2*1H;/q-1;;-1;;;+2/p-2. The van der Waals surface area contributed by atoms with E-state index in [0.717, 1.165) is 19.3 Å². The Morgan fingerprint density at radius 2 is 1.20 bits per heavy atom. The van der Waals surface area contributed by atoms with Crippen molar-refractivity contribution in [3.8, 4) is 0 Å². The molecule has 0 atom stereocenters. The topological polar surface area (TPSA) is 0 Å². The molecule has 0 saturated carbocycles. The van der Waals surface area contributed by atoms with E-state index in [2.05, 4.69) is 142 Å². The Labute approximate surface area is 274 Å². The van der Waals surface area contributed by atoms with Crippen LogP contribution in [-0.2, 0) is 37.1 Å². The first-order chi connectivity index (χ1) is 19.1. The third kappa shape index (κ3) is 9.82. The SMILES string of the molecule is CCCC1=[C-]CC=C1.CCc1ccc2c(c1)[cH-]c1cc(CC)ccc12.[Cl-].[Cl-].[Zr+2]=[C](c1ccccc1)c1ccccc1. The summed E-state index contributed by atoms with van der Waals surface area (Å²) in [6.07, 6.45) is 13.3. The van der Waals surface area contributed by atoms with E-state index in [9.17, 15) is 0 Å². The maximum absolute atomic E-state index is 3.26. The van der Waals surface area contributed by atoms with Crippen LogP contribution in [0.3, 0.4) is 0 Å². The van der Waals surface area contributed by atoms with Crippen LogP contribution in [0, 0.1) is 6.08 Å². The van der Waals surface area contributed by atoms with Crippen LogP contribution in [-0.4, -0.2) is 3.21 Å². The van der Waals surface area contributed by atoms with E-state index in [1.54, 1.807) is 0 Å². The second kappa shape index (κ2) is 18.2. The molecular formula is C38H38Cl2Zr-2. The van der Waals surface area contributed by atoms with Crippen molar-refractivity contribution in [3.63, 3.8) is 0 Å². The Hall–Kier alpha value is -2.44. The van der Waals surface area contributed by atoms with Gasteiger partial charge in [0.05, 0.1) is 0 Å². The molecule has 0 aliphatic heterocycles. The molecule has 0 bridgehead atoms. The van der Waals surface area contributed by atoms with Crippen LogP contribution in [0.25, 0.3) is 21.5 Å². The van der Waals surface area contributed by atoms with Gasteiger partial charge in [0.25, 0.3) is 0 Å². The van der Waals surface area contributed by atoms with Crippen molar-refractivity contribution in [2.75, 3.05) is 0 Å². The van der Waals surface area contributed by atoms with Crippen molar-refractivity contribution in [1.29, 1.82) is 0 Å². The van der Waals surface area contributed by atoms with E-state index in [1.807, 2.05) is 0 Å². The Morgan fingerprint density at radius 1 is 0.707 bits per heavy atom. The van der Waals surface area contributed by atoms with Crippen molar-refractivity contribution in [2.24, 2.45) is 0 Å². The van der Waals surface area contributed by atoms with Crippen LogP contribution in [0.15, 0.2) is 121 Å². The van der Waals surface area contributed by atoms with Gasteiger partial charge in [0.15, 0.2) is 0 Å². The van der Waals surface area contributed by atoms with Crippen LogP contribution in [0.1, 0.15) is 62.3 Å². The molecule has 0 saturated heterocycles. The number of aryl methyl sites for hydroxylation is 2. The van der Waals surface area contributed by atoms with E-state index in [0.29, 0.717) is 0 Å². The second-order valence-electron chi connectivity index (χ2n) is 9.86. The molecule has 3 heteroatoms. The quantitative estimate of drug-likeness (QED) is 0.242. The van der Waals surface area contributed by atoms with Crippen LogP contribution < -0.4 is 24.8 Å². The molecular weight excluding hydrogens is 619 g/mol. The van der Waals surface area contributed by atoms with Crippen molar-refractivity contribution < 1.29 is 49.0 Å². The molecule has 0 spiro atoms. The summed E-state index contributed by atoms with van der Waals surface area (Å²) in [5.41, 5.74) is 6.90. The van der Waals surface area contributed by atoms with E-state index in [4.69, 9.17) is 0 Å². The summed E-state index contributed by atoms with van der Waals surface area (Å²) in [4.78, 5) is 0. The molecule has 210 valence electrons. The zero-order chi connectivity index (χ0) is 27.5. The summed E-state index contributed by atoms with van der Waals surface area (Å²) in [5.74, 6) is 0. The van der Waals surface area contributed by atoms with Gasteiger partial charge in [-0.1, -0.05) is 69.0 Å². The predicted octanol–water partition coefficient (Wildman–Crippen LogP) is 4.12. The average Bonchev–Trinajstić information content (AvgIpc) is 3.65. The molecule has 1 aliphatic carbocycles. The number of halogens is 2. The summed E-state index contributed by atoms with van der Waals surface area (Å²) >= 11 is 1.46. The van der Waals surface area contributed by atoms with Gasteiger partial charge in [-0.25, -0.2) is 11.6 Å². The molecule has 41 heavy (non-hydrogen) atoms. The van der Waals surface area contributed by atoms with E-state index in [1.165, 1.54) is 89.7 Å². The molecule has 0 radical (unpaired) electrons. The van der Waals surface area contributed by atoms with Crippen molar-refractivity contribution >= 4 is 24.8 Å². The summed E-state index contributed by atoms with van der Waals surface area (Å²) in [6, 6.07) is 37.1. The van der Waals surface area contributed by atoms with Gasteiger partial charge in [0, 0.05) is 0 Å². The number of rotatable bonds is 6. The van der Waals surface area contributed by atoms with Gasteiger partial charge < -0.3 is 24.8 Å². The molecule has 0 amide bonds. The minimum atomic E-state index is 0. The molecule has 5 aromatic carbocycles. The average molecular weight is 657 g/mol. The number of hydrogen-bond donors (Lipinski definition) is 0. The van der Waals surface area contributed by atoms with Gasteiger partial charge in [0.2, 0.25) is 0 Å². The van der Waals surface area contributed by atoms with Crippen molar-refractivity contribution in [3.05, 3.63) is 149 Å². The summed E-state index contributed by atoms with van der Waals surface area (Å²) in [6.45, 7) is 6.61. The van der Waals surface area contributed by atoms with Gasteiger partial charge >= 0.3 is 99.2 Å².